The second kappa shape index (κ2) is 4.68. The average Bonchev–Trinajstić information content (AvgIpc) is 2.82. The van der Waals surface area contributed by atoms with Gasteiger partial charge in [0.2, 0.25) is 0 Å². The number of nitrogens with two attached hydrogens (primary N) is 1. The fraction of sp³-hybridized carbons (Fsp3) is 0.154. The number of hydrogen-bond acceptors (Lipinski definition) is 5. The lowest BCUT2D eigenvalue weighted by atomic mass is 9.94. The number of rotatable bonds is 2. The molecule has 1 amide bonds. The highest BCUT2D eigenvalue weighted by Gasteiger charge is 2.43. The van der Waals surface area contributed by atoms with Gasteiger partial charge in [-0.1, -0.05) is 18.2 Å². The zero-order valence-electron chi connectivity index (χ0n) is 10.3. The van der Waals surface area contributed by atoms with E-state index in [9.17, 15) is 14.7 Å². The van der Waals surface area contributed by atoms with Gasteiger partial charge < -0.3 is 10.8 Å². The number of para-hydroxylation sites is 1. The number of carbonyl (C=O) groups excluding carboxylic acids is 1. The van der Waals surface area contributed by atoms with Gasteiger partial charge in [-0.3, -0.25) is 4.79 Å². The Bertz CT molecular complexity index is 654. The number of thioether (sulfide) groups is 1. The molecule has 0 saturated heterocycles. The molecule has 0 radical (unpaired) electrons. The first kappa shape index (κ1) is 12.7. The van der Waals surface area contributed by atoms with Crippen LogP contribution in [0.1, 0.15) is 0 Å². The molecule has 3 rings (SSSR count). The molecule has 2 aliphatic heterocycles. The van der Waals surface area contributed by atoms with Crippen LogP contribution in [-0.4, -0.2) is 28.4 Å². The molecule has 6 nitrogen and oxygen atoms in total. The van der Waals surface area contributed by atoms with Gasteiger partial charge in [-0.25, -0.2) is 4.79 Å². The second-order valence-corrected chi connectivity index (χ2v) is 5.45. The van der Waals surface area contributed by atoms with Crippen LogP contribution in [0.15, 0.2) is 46.0 Å². The van der Waals surface area contributed by atoms with Crippen molar-refractivity contribution in [2.24, 2.45) is 16.8 Å². The molecule has 1 unspecified atom stereocenters. The summed E-state index contributed by atoms with van der Waals surface area (Å²) in [6.45, 7) is 0. The molecule has 102 valence electrons. The number of hydrogen-bond donors (Lipinski definition) is 2. The number of nitrogens with zero attached hydrogens (tertiary/aromatic N) is 2. The quantitative estimate of drug-likeness (QED) is 0.847. The van der Waals surface area contributed by atoms with Gasteiger partial charge in [-0.15, -0.1) is 11.8 Å². The minimum atomic E-state index is -1.13. The number of anilines is 1. The number of carboxylic acid groups (broad SMARTS) is 1. The van der Waals surface area contributed by atoms with E-state index in [1.54, 1.807) is 24.3 Å². The van der Waals surface area contributed by atoms with Crippen molar-refractivity contribution in [3.05, 3.63) is 40.9 Å². The summed E-state index contributed by atoms with van der Waals surface area (Å²) in [6, 6.07) is 8.71. The van der Waals surface area contributed by atoms with Crippen molar-refractivity contribution in [1.82, 2.24) is 0 Å². The second-order valence-electron chi connectivity index (χ2n) is 4.38. The van der Waals surface area contributed by atoms with Gasteiger partial charge in [0.25, 0.3) is 5.91 Å². The Morgan fingerprint density at radius 1 is 1.40 bits per heavy atom. The topological polar surface area (TPSA) is 96.0 Å². The molecule has 0 aromatic heterocycles. The Labute approximate surface area is 118 Å². The first-order valence-corrected chi connectivity index (χ1v) is 6.92. The maximum atomic E-state index is 12.5. The molecule has 7 heteroatoms. The van der Waals surface area contributed by atoms with E-state index >= 15 is 0 Å². The molecule has 0 spiro atoms. The summed E-state index contributed by atoms with van der Waals surface area (Å²) < 4.78 is 0. The predicted molar refractivity (Wildman–Crippen MR) is 76.2 cm³/mol. The Morgan fingerprint density at radius 3 is 2.75 bits per heavy atom. The smallest absolute Gasteiger partial charge is 0.352 e. The van der Waals surface area contributed by atoms with Crippen molar-refractivity contribution in [1.29, 1.82) is 0 Å². The molecular formula is C13H11N3O3S. The molecule has 1 aromatic rings. The summed E-state index contributed by atoms with van der Waals surface area (Å²) in [5.74, 6) is -1.56. The first-order valence-electron chi connectivity index (χ1n) is 5.93. The van der Waals surface area contributed by atoms with E-state index in [1.165, 1.54) is 11.8 Å². The van der Waals surface area contributed by atoms with E-state index in [1.807, 2.05) is 6.07 Å². The maximum absolute atomic E-state index is 12.5. The highest BCUT2D eigenvalue weighted by atomic mass is 32.2. The number of carbonyl (C=O) groups is 2. The summed E-state index contributed by atoms with van der Waals surface area (Å²) in [5, 5.41) is 14.8. The van der Waals surface area contributed by atoms with Crippen LogP contribution in [0.25, 0.3) is 0 Å². The van der Waals surface area contributed by atoms with Crippen LogP contribution in [0, 0.1) is 5.92 Å². The number of amides is 1. The number of aliphatic carboxylic acids is 1. The van der Waals surface area contributed by atoms with E-state index in [2.05, 4.69) is 5.10 Å². The van der Waals surface area contributed by atoms with E-state index in [-0.39, 0.29) is 11.6 Å². The van der Waals surface area contributed by atoms with Gasteiger partial charge in [-0.2, -0.15) is 10.1 Å². The SMILES string of the molecule is NC1=C2C(=O)N(c3ccccc3)N=C(C(=O)O)C2CS1. The van der Waals surface area contributed by atoms with Crippen molar-refractivity contribution >= 4 is 35.0 Å². The van der Waals surface area contributed by atoms with Crippen LogP contribution >= 0.6 is 11.8 Å². The van der Waals surface area contributed by atoms with Gasteiger partial charge in [0.05, 0.1) is 22.2 Å². The Morgan fingerprint density at radius 2 is 2.10 bits per heavy atom. The Kier molecular flexibility index (Phi) is 2.98. The maximum Gasteiger partial charge on any atom is 0.352 e. The summed E-state index contributed by atoms with van der Waals surface area (Å²) in [4.78, 5) is 23.8. The summed E-state index contributed by atoms with van der Waals surface area (Å²) >= 11 is 1.29. The summed E-state index contributed by atoms with van der Waals surface area (Å²) in [7, 11) is 0. The molecular weight excluding hydrogens is 278 g/mol. The number of fused-ring (bicyclic) bond motifs is 1. The van der Waals surface area contributed by atoms with E-state index in [4.69, 9.17) is 5.73 Å². The van der Waals surface area contributed by atoms with Crippen LogP contribution in [-0.2, 0) is 9.59 Å². The van der Waals surface area contributed by atoms with Crippen LogP contribution < -0.4 is 10.7 Å². The third kappa shape index (κ3) is 1.87. The van der Waals surface area contributed by atoms with E-state index in [0.29, 0.717) is 22.0 Å². The normalized spacial score (nSPS) is 21.8. The third-order valence-corrected chi connectivity index (χ3v) is 4.23. The molecule has 3 N–H and O–H groups in total. The predicted octanol–water partition coefficient (Wildman–Crippen LogP) is 1.01. The van der Waals surface area contributed by atoms with Crippen molar-refractivity contribution in [3.63, 3.8) is 0 Å². The molecule has 0 bridgehead atoms. The fourth-order valence-electron chi connectivity index (χ4n) is 2.25. The van der Waals surface area contributed by atoms with Crippen LogP contribution in [0.2, 0.25) is 0 Å². The Balaban J connectivity index is 2.14. The minimum Gasteiger partial charge on any atom is -0.477 e. The van der Waals surface area contributed by atoms with Crippen LogP contribution in [0.3, 0.4) is 0 Å². The van der Waals surface area contributed by atoms with Gasteiger partial charge >= 0.3 is 5.97 Å². The molecule has 0 saturated carbocycles. The van der Waals surface area contributed by atoms with Crippen LogP contribution in [0.4, 0.5) is 5.69 Å². The summed E-state index contributed by atoms with van der Waals surface area (Å²) in [5.41, 5.74) is 6.64. The van der Waals surface area contributed by atoms with Crippen molar-refractivity contribution in [2.75, 3.05) is 10.8 Å². The lowest BCUT2D eigenvalue weighted by Gasteiger charge is -2.27. The van der Waals surface area contributed by atoms with Gasteiger partial charge in [0.15, 0.2) is 5.71 Å². The van der Waals surface area contributed by atoms with Gasteiger partial charge in [0.1, 0.15) is 0 Å². The largest absolute Gasteiger partial charge is 0.477 e. The number of hydrazone groups is 1. The molecule has 2 aliphatic rings. The van der Waals surface area contributed by atoms with Crippen molar-refractivity contribution in [3.8, 4) is 0 Å². The van der Waals surface area contributed by atoms with Gasteiger partial charge in [0, 0.05) is 5.75 Å². The zero-order valence-corrected chi connectivity index (χ0v) is 11.1. The molecule has 20 heavy (non-hydrogen) atoms. The molecule has 1 aromatic carbocycles. The lowest BCUT2D eigenvalue weighted by Crippen LogP contribution is -2.42. The molecule has 0 fully saturated rings. The minimum absolute atomic E-state index is 0.0450. The Hall–Kier alpha value is -2.28. The van der Waals surface area contributed by atoms with E-state index in [0.717, 1.165) is 5.01 Å². The third-order valence-electron chi connectivity index (χ3n) is 3.20. The average molecular weight is 289 g/mol. The molecule has 1 atom stereocenters. The zero-order chi connectivity index (χ0) is 14.3. The fourth-order valence-corrected chi connectivity index (χ4v) is 3.30. The first-order chi connectivity index (χ1) is 9.59. The highest BCUT2D eigenvalue weighted by molar-refractivity contribution is 8.03. The van der Waals surface area contributed by atoms with Gasteiger partial charge in [-0.05, 0) is 12.1 Å². The molecule has 0 aliphatic carbocycles. The molecule has 2 heterocycles. The lowest BCUT2D eigenvalue weighted by molar-refractivity contribution is -0.129. The van der Waals surface area contributed by atoms with Crippen LogP contribution in [0.5, 0.6) is 0 Å². The van der Waals surface area contributed by atoms with E-state index < -0.39 is 11.9 Å². The standard InChI is InChI=1S/C13H11N3O3S/c14-11-9-8(6-20-11)10(13(18)19)15-16(12(9)17)7-4-2-1-3-5-7/h1-5,8H,6,14H2,(H,18,19). The highest BCUT2D eigenvalue weighted by Crippen LogP contribution is 2.38. The van der Waals surface area contributed by atoms with Crippen molar-refractivity contribution < 1.29 is 14.7 Å². The number of carboxylic acids is 1. The number of benzene rings is 1. The van der Waals surface area contributed by atoms with Crippen molar-refractivity contribution in [2.45, 2.75) is 0 Å². The summed E-state index contributed by atoms with van der Waals surface area (Å²) in [6.07, 6.45) is 0. The monoisotopic (exact) mass is 289 g/mol.